The number of para-hydroxylation sites is 2. The second kappa shape index (κ2) is 7.01. The number of benzene rings is 2. The fraction of sp³-hybridized carbons (Fsp3) is 0.176. The Morgan fingerprint density at radius 1 is 1.21 bits per heavy atom. The molecule has 7 heteroatoms. The van der Waals surface area contributed by atoms with E-state index in [1.165, 1.54) is 0 Å². The van der Waals surface area contributed by atoms with Gasteiger partial charge in [-0.15, -0.1) is 0 Å². The lowest BCUT2D eigenvalue weighted by atomic mass is 10.1. The molecule has 1 aliphatic rings. The summed E-state index contributed by atoms with van der Waals surface area (Å²) in [5.74, 6) is 0.712. The van der Waals surface area contributed by atoms with E-state index in [0.29, 0.717) is 41.6 Å². The van der Waals surface area contributed by atoms with Crippen LogP contribution in [0.5, 0.6) is 11.5 Å². The molecule has 0 spiro atoms. The SMILES string of the molecule is COCCNC(=O)Nc1ccc2c(c1)C(=O)Nc1ccccc1O2. The molecule has 3 amide bonds. The standard InChI is InChI=1S/C17H17N3O4/c1-23-9-8-18-17(22)19-11-6-7-14-12(10-11)16(21)20-13-4-2-3-5-15(13)24-14/h2-7,10H,8-9H2,1H3,(H,20,21)(H2,18,19,22). The first-order chi connectivity index (χ1) is 11.7. The van der Waals surface area contributed by atoms with Crippen molar-refractivity contribution in [1.82, 2.24) is 5.32 Å². The monoisotopic (exact) mass is 327 g/mol. The van der Waals surface area contributed by atoms with Crippen LogP contribution < -0.4 is 20.7 Å². The number of methoxy groups -OCH3 is 1. The normalized spacial score (nSPS) is 12.1. The smallest absolute Gasteiger partial charge is 0.319 e. The van der Waals surface area contributed by atoms with Gasteiger partial charge in [0.25, 0.3) is 5.91 Å². The molecule has 0 bridgehead atoms. The molecule has 0 saturated heterocycles. The zero-order valence-corrected chi connectivity index (χ0v) is 13.1. The summed E-state index contributed by atoms with van der Waals surface area (Å²) in [7, 11) is 1.56. The largest absolute Gasteiger partial charge is 0.454 e. The number of rotatable bonds is 4. The fourth-order valence-electron chi connectivity index (χ4n) is 2.28. The van der Waals surface area contributed by atoms with E-state index in [9.17, 15) is 9.59 Å². The van der Waals surface area contributed by atoms with Crippen LogP contribution in [0.15, 0.2) is 42.5 Å². The van der Waals surface area contributed by atoms with Crippen LogP contribution in [0.2, 0.25) is 0 Å². The average molecular weight is 327 g/mol. The van der Waals surface area contributed by atoms with E-state index >= 15 is 0 Å². The summed E-state index contributed by atoms with van der Waals surface area (Å²) in [6, 6.07) is 11.7. The van der Waals surface area contributed by atoms with Crippen LogP contribution in [-0.2, 0) is 4.74 Å². The second-order valence-electron chi connectivity index (χ2n) is 5.14. The molecule has 3 rings (SSSR count). The molecule has 0 radical (unpaired) electrons. The maximum Gasteiger partial charge on any atom is 0.319 e. The number of urea groups is 1. The molecule has 0 saturated carbocycles. The third-order valence-electron chi connectivity index (χ3n) is 3.43. The van der Waals surface area contributed by atoms with Crippen molar-refractivity contribution in [2.75, 3.05) is 30.9 Å². The summed E-state index contributed by atoms with van der Waals surface area (Å²) in [5, 5.41) is 8.11. The van der Waals surface area contributed by atoms with Crippen molar-refractivity contribution in [3.63, 3.8) is 0 Å². The summed E-state index contributed by atoms with van der Waals surface area (Å²) in [4.78, 5) is 24.2. The van der Waals surface area contributed by atoms with E-state index in [-0.39, 0.29) is 11.9 Å². The van der Waals surface area contributed by atoms with Gasteiger partial charge in [-0.2, -0.15) is 0 Å². The highest BCUT2D eigenvalue weighted by Crippen LogP contribution is 2.36. The van der Waals surface area contributed by atoms with Gasteiger partial charge in [-0.05, 0) is 30.3 Å². The lowest BCUT2D eigenvalue weighted by Gasteiger charge is -2.10. The number of amides is 3. The third-order valence-corrected chi connectivity index (χ3v) is 3.43. The van der Waals surface area contributed by atoms with Gasteiger partial charge < -0.3 is 25.4 Å². The first kappa shape index (κ1) is 15.8. The van der Waals surface area contributed by atoms with E-state index < -0.39 is 0 Å². The zero-order chi connectivity index (χ0) is 16.9. The Morgan fingerprint density at radius 2 is 2.04 bits per heavy atom. The molecule has 7 nitrogen and oxygen atoms in total. The van der Waals surface area contributed by atoms with Gasteiger partial charge in [-0.3, -0.25) is 4.79 Å². The molecule has 0 unspecified atom stereocenters. The molecule has 0 atom stereocenters. The lowest BCUT2D eigenvalue weighted by Crippen LogP contribution is -2.31. The van der Waals surface area contributed by atoms with Crippen molar-refractivity contribution in [1.29, 1.82) is 0 Å². The van der Waals surface area contributed by atoms with Crippen molar-refractivity contribution < 1.29 is 19.1 Å². The maximum atomic E-state index is 12.4. The number of fused-ring (bicyclic) bond motifs is 2. The number of anilines is 2. The summed E-state index contributed by atoms with van der Waals surface area (Å²) in [6.07, 6.45) is 0. The van der Waals surface area contributed by atoms with Crippen molar-refractivity contribution >= 4 is 23.3 Å². The average Bonchev–Trinajstić information content (AvgIpc) is 2.71. The second-order valence-corrected chi connectivity index (χ2v) is 5.14. The molecule has 2 aromatic carbocycles. The third kappa shape index (κ3) is 3.47. The van der Waals surface area contributed by atoms with Gasteiger partial charge in [-0.1, -0.05) is 12.1 Å². The van der Waals surface area contributed by atoms with Crippen molar-refractivity contribution in [3.8, 4) is 11.5 Å². The Labute approximate surface area is 139 Å². The Morgan fingerprint density at radius 3 is 2.88 bits per heavy atom. The molecular weight excluding hydrogens is 310 g/mol. The molecule has 124 valence electrons. The number of hydrogen-bond donors (Lipinski definition) is 3. The number of carbonyl (C=O) groups excluding carboxylic acids is 2. The van der Waals surface area contributed by atoms with Crippen LogP contribution in [0.1, 0.15) is 10.4 Å². The Bertz CT molecular complexity index is 776. The molecule has 0 aliphatic carbocycles. The molecule has 1 aliphatic heterocycles. The Kier molecular flexibility index (Phi) is 4.62. The van der Waals surface area contributed by atoms with Crippen LogP contribution in [0.3, 0.4) is 0 Å². The predicted molar refractivity (Wildman–Crippen MR) is 89.8 cm³/mol. The van der Waals surface area contributed by atoms with Crippen molar-refractivity contribution in [2.24, 2.45) is 0 Å². The summed E-state index contributed by atoms with van der Waals surface area (Å²) >= 11 is 0. The highest BCUT2D eigenvalue weighted by Gasteiger charge is 2.21. The first-order valence-electron chi connectivity index (χ1n) is 7.43. The zero-order valence-electron chi connectivity index (χ0n) is 13.1. The van der Waals surface area contributed by atoms with Gasteiger partial charge in [0.05, 0.1) is 17.9 Å². The van der Waals surface area contributed by atoms with Gasteiger partial charge >= 0.3 is 6.03 Å². The van der Waals surface area contributed by atoms with E-state index in [1.54, 1.807) is 37.4 Å². The number of ether oxygens (including phenoxy) is 2. The van der Waals surface area contributed by atoms with E-state index in [2.05, 4.69) is 16.0 Å². The van der Waals surface area contributed by atoms with Gasteiger partial charge in [0.15, 0.2) is 5.75 Å². The van der Waals surface area contributed by atoms with Crippen LogP contribution in [0, 0.1) is 0 Å². The molecule has 24 heavy (non-hydrogen) atoms. The minimum Gasteiger partial charge on any atom is -0.454 e. The maximum absolute atomic E-state index is 12.4. The topological polar surface area (TPSA) is 88.7 Å². The summed E-state index contributed by atoms with van der Waals surface area (Å²) in [5.41, 5.74) is 1.44. The molecule has 1 heterocycles. The van der Waals surface area contributed by atoms with Crippen LogP contribution in [0.25, 0.3) is 0 Å². The van der Waals surface area contributed by atoms with Gasteiger partial charge in [0.2, 0.25) is 0 Å². The van der Waals surface area contributed by atoms with E-state index in [1.807, 2.05) is 12.1 Å². The number of carbonyl (C=O) groups is 2. The van der Waals surface area contributed by atoms with Crippen LogP contribution >= 0.6 is 0 Å². The van der Waals surface area contributed by atoms with Crippen molar-refractivity contribution in [3.05, 3.63) is 48.0 Å². The first-order valence-corrected chi connectivity index (χ1v) is 7.43. The molecule has 2 aromatic rings. The summed E-state index contributed by atoms with van der Waals surface area (Å²) in [6.45, 7) is 0.818. The molecule has 0 aromatic heterocycles. The van der Waals surface area contributed by atoms with E-state index in [4.69, 9.17) is 9.47 Å². The predicted octanol–water partition coefficient (Wildman–Crippen LogP) is 2.81. The number of nitrogens with one attached hydrogen (secondary N) is 3. The van der Waals surface area contributed by atoms with Crippen LogP contribution in [-0.4, -0.2) is 32.2 Å². The highest BCUT2D eigenvalue weighted by atomic mass is 16.5. The number of hydrogen-bond acceptors (Lipinski definition) is 4. The fourth-order valence-corrected chi connectivity index (χ4v) is 2.28. The van der Waals surface area contributed by atoms with E-state index in [0.717, 1.165) is 0 Å². The lowest BCUT2D eigenvalue weighted by molar-refractivity contribution is 0.102. The minimum atomic E-state index is -0.370. The molecule has 0 fully saturated rings. The summed E-state index contributed by atoms with van der Waals surface area (Å²) < 4.78 is 10.6. The molecule has 3 N–H and O–H groups in total. The quantitative estimate of drug-likeness (QED) is 0.753. The minimum absolute atomic E-state index is 0.293. The van der Waals surface area contributed by atoms with Gasteiger partial charge in [0.1, 0.15) is 5.75 Å². The van der Waals surface area contributed by atoms with Crippen molar-refractivity contribution in [2.45, 2.75) is 0 Å². The Hall–Kier alpha value is -3.06. The van der Waals surface area contributed by atoms with Gasteiger partial charge in [0, 0.05) is 19.3 Å². The molecular formula is C17H17N3O4. The van der Waals surface area contributed by atoms with Gasteiger partial charge in [-0.25, -0.2) is 4.79 Å². The highest BCUT2D eigenvalue weighted by molar-refractivity contribution is 6.08. The Balaban J connectivity index is 1.78. The van der Waals surface area contributed by atoms with Crippen LogP contribution in [0.4, 0.5) is 16.2 Å².